The number of aromatic nitrogens is 3. The molecular formula is C25H18ClFN4OS. The summed E-state index contributed by atoms with van der Waals surface area (Å²) in [7, 11) is 1.64. The van der Waals surface area contributed by atoms with Crippen LogP contribution in [0.1, 0.15) is 0 Å². The number of hydrogen-bond acceptors (Lipinski definition) is 5. The lowest BCUT2D eigenvalue weighted by atomic mass is 10.1. The van der Waals surface area contributed by atoms with Crippen molar-refractivity contribution in [3.05, 3.63) is 95.2 Å². The van der Waals surface area contributed by atoms with Gasteiger partial charge in [0.05, 0.1) is 18.5 Å². The summed E-state index contributed by atoms with van der Waals surface area (Å²) in [6.07, 6.45) is 1.91. The molecule has 2 aromatic heterocycles. The van der Waals surface area contributed by atoms with Crippen molar-refractivity contribution in [2.75, 3.05) is 12.4 Å². The molecule has 0 unspecified atom stereocenters. The van der Waals surface area contributed by atoms with Crippen LogP contribution in [-0.4, -0.2) is 21.9 Å². The zero-order valence-corrected chi connectivity index (χ0v) is 19.1. The Morgan fingerprint density at radius 3 is 2.39 bits per heavy atom. The zero-order chi connectivity index (χ0) is 22.8. The number of nitrogens with one attached hydrogen (secondary N) is 1. The maximum atomic E-state index is 13.4. The lowest BCUT2D eigenvalue weighted by molar-refractivity contribution is 0.415. The third-order valence-electron chi connectivity index (χ3n) is 5.04. The molecule has 0 atom stereocenters. The molecule has 0 saturated heterocycles. The number of nitrogens with zero attached hydrogens (tertiary/aromatic N) is 3. The van der Waals surface area contributed by atoms with Crippen LogP contribution in [0, 0.1) is 5.82 Å². The summed E-state index contributed by atoms with van der Waals surface area (Å²) in [5.74, 6) is 0.499. The molecule has 0 bridgehead atoms. The fraction of sp³-hybridized carbons (Fsp3) is 0.0400. The molecule has 0 radical (unpaired) electrons. The molecule has 0 amide bonds. The predicted octanol–water partition coefficient (Wildman–Crippen LogP) is 7.21. The third kappa shape index (κ3) is 4.60. The van der Waals surface area contributed by atoms with Crippen LogP contribution in [0.3, 0.4) is 0 Å². The number of thiazole rings is 1. The van der Waals surface area contributed by atoms with Gasteiger partial charge in [0.2, 0.25) is 0 Å². The van der Waals surface area contributed by atoms with E-state index in [1.165, 1.54) is 23.5 Å². The molecule has 0 spiro atoms. The van der Waals surface area contributed by atoms with Gasteiger partial charge < -0.3 is 10.1 Å². The first-order chi connectivity index (χ1) is 16.1. The normalized spacial score (nSPS) is 10.9. The molecule has 5 rings (SSSR count). The maximum absolute atomic E-state index is 13.4. The fourth-order valence-electron chi connectivity index (χ4n) is 3.36. The van der Waals surface area contributed by atoms with Crippen LogP contribution < -0.4 is 10.1 Å². The third-order valence-corrected chi connectivity index (χ3v) is 6.05. The van der Waals surface area contributed by atoms with Crippen molar-refractivity contribution in [2.45, 2.75) is 0 Å². The number of halogens is 2. The molecule has 0 fully saturated rings. The first kappa shape index (κ1) is 21.2. The molecule has 2 heterocycles. The second kappa shape index (κ2) is 9.05. The molecular weight excluding hydrogens is 459 g/mol. The SMILES string of the molecule is COc1ccc(Nc2nc(-c3cn(-c4ccc(F)cc4)nc3-c3ccc(Cl)cc3)cs2)cc1. The second-order valence-corrected chi connectivity index (χ2v) is 8.51. The van der Waals surface area contributed by atoms with E-state index in [2.05, 4.69) is 5.32 Å². The van der Waals surface area contributed by atoms with Crippen LogP contribution in [0.4, 0.5) is 15.2 Å². The van der Waals surface area contributed by atoms with E-state index < -0.39 is 0 Å². The molecule has 0 aliphatic carbocycles. The Morgan fingerprint density at radius 2 is 1.70 bits per heavy atom. The molecule has 3 aromatic carbocycles. The van der Waals surface area contributed by atoms with Gasteiger partial charge in [-0.3, -0.25) is 0 Å². The quantitative estimate of drug-likeness (QED) is 0.281. The van der Waals surface area contributed by atoms with Crippen LogP contribution in [-0.2, 0) is 0 Å². The van der Waals surface area contributed by atoms with E-state index in [9.17, 15) is 4.39 Å². The van der Waals surface area contributed by atoms with Crippen molar-refractivity contribution in [1.82, 2.24) is 14.8 Å². The van der Waals surface area contributed by atoms with Gasteiger partial charge in [-0.15, -0.1) is 11.3 Å². The van der Waals surface area contributed by atoms with Crippen LogP contribution in [0.25, 0.3) is 28.2 Å². The van der Waals surface area contributed by atoms with Gasteiger partial charge in [0.25, 0.3) is 0 Å². The van der Waals surface area contributed by atoms with E-state index in [1.807, 2.05) is 60.1 Å². The zero-order valence-electron chi connectivity index (χ0n) is 17.5. The summed E-state index contributed by atoms with van der Waals surface area (Å²) in [5.41, 5.74) is 4.99. The number of methoxy groups -OCH3 is 1. The lowest BCUT2D eigenvalue weighted by Crippen LogP contribution is -1.94. The van der Waals surface area contributed by atoms with E-state index in [1.54, 1.807) is 23.9 Å². The van der Waals surface area contributed by atoms with Crippen molar-refractivity contribution in [1.29, 1.82) is 0 Å². The van der Waals surface area contributed by atoms with Crippen molar-refractivity contribution in [3.8, 4) is 34.0 Å². The Labute approximate surface area is 199 Å². The largest absolute Gasteiger partial charge is 0.497 e. The molecule has 1 N–H and O–H groups in total. The Kier molecular flexibility index (Phi) is 5.81. The molecule has 33 heavy (non-hydrogen) atoms. The Morgan fingerprint density at radius 1 is 0.970 bits per heavy atom. The summed E-state index contributed by atoms with van der Waals surface area (Å²) in [6.45, 7) is 0. The lowest BCUT2D eigenvalue weighted by Gasteiger charge is -2.04. The van der Waals surface area contributed by atoms with E-state index in [-0.39, 0.29) is 5.82 Å². The second-order valence-electron chi connectivity index (χ2n) is 7.21. The van der Waals surface area contributed by atoms with Gasteiger partial charge in [0.15, 0.2) is 5.13 Å². The Balaban J connectivity index is 1.52. The van der Waals surface area contributed by atoms with Gasteiger partial charge in [-0.1, -0.05) is 23.7 Å². The Bertz CT molecular complexity index is 1380. The van der Waals surface area contributed by atoms with Crippen LogP contribution in [0.5, 0.6) is 5.75 Å². The van der Waals surface area contributed by atoms with Gasteiger partial charge in [-0.2, -0.15) is 5.10 Å². The highest BCUT2D eigenvalue weighted by Crippen LogP contribution is 2.35. The van der Waals surface area contributed by atoms with E-state index in [0.717, 1.165) is 44.8 Å². The van der Waals surface area contributed by atoms with Gasteiger partial charge in [0.1, 0.15) is 17.3 Å². The molecule has 164 valence electrons. The number of hydrogen-bond donors (Lipinski definition) is 1. The van der Waals surface area contributed by atoms with Crippen LogP contribution >= 0.6 is 22.9 Å². The average molecular weight is 477 g/mol. The summed E-state index contributed by atoms with van der Waals surface area (Å²) in [5, 5.41) is 11.5. The molecule has 0 aliphatic heterocycles. The predicted molar refractivity (Wildman–Crippen MR) is 131 cm³/mol. The van der Waals surface area contributed by atoms with E-state index in [0.29, 0.717) is 5.02 Å². The average Bonchev–Trinajstić information content (AvgIpc) is 3.48. The number of rotatable bonds is 6. The highest BCUT2D eigenvalue weighted by molar-refractivity contribution is 7.14. The van der Waals surface area contributed by atoms with E-state index in [4.69, 9.17) is 26.4 Å². The maximum Gasteiger partial charge on any atom is 0.187 e. The first-order valence-electron chi connectivity index (χ1n) is 10.1. The smallest absolute Gasteiger partial charge is 0.187 e. The molecule has 5 aromatic rings. The standard InChI is InChI=1S/C25H18ClFN4OS/c1-32-21-12-8-19(9-13-21)28-25-29-23(15-33-25)22-14-31(20-10-6-18(27)7-11-20)30-24(22)16-2-4-17(26)5-3-16/h2-15H,1H3,(H,28,29). The monoisotopic (exact) mass is 476 g/mol. The highest BCUT2D eigenvalue weighted by Gasteiger charge is 2.17. The minimum absolute atomic E-state index is 0.294. The van der Waals surface area contributed by atoms with Gasteiger partial charge in [0, 0.05) is 33.4 Å². The number of benzene rings is 3. The molecule has 5 nitrogen and oxygen atoms in total. The van der Waals surface area contributed by atoms with Gasteiger partial charge in [-0.05, 0) is 60.7 Å². The Hall–Kier alpha value is -3.68. The summed E-state index contributed by atoms with van der Waals surface area (Å²) >= 11 is 7.58. The van der Waals surface area contributed by atoms with Crippen LogP contribution in [0.2, 0.25) is 5.02 Å². The first-order valence-corrected chi connectivity index (χ1v) is 11.3. The highest BCUT2D eigenvalue weighted by atomic mass is 35.5. The minimum atomic E-state index is -0.294. The molecule has 8 heteroatoms. The van der Waals surface area contributed by atoms with Gasteiger partial charge >= 0.3 is 0 Å². The summed E-state index contributed by atoms with van der Waals surface area (Å²) in [4.78, 5) is 4.78. The number of ether oxygens (including phenoxy) is 1. The number of anilines is 2. The van der Waals surface area contributed by atoms with E-state index >= 15 is 0 Å². The van der Waals surface area contributed by atoms with Crippen molar-refractivity contribution >= 4 is 33.8 Å². The molecule has 0 aliphatic rings. The summed E-state index contributed by atoms with van der Waals surface area (Å²) in [6, 6.07) is 21.4. The summed E-state index contributed by atoms with van der Waals surface area (Å²) < 4.78 is 20.4. The minimum Gasteiger partial charge on any atom is -0.497 e. The fourth-order valence-corrected chi connectivity index (χ4v) is 4.22. The van der Waals surface area contributed by atoms with Gasteiger partial charge in [-0.25, -0.2) is 14.1 Å². The van der Waals surface area contributed by atoms with Crippen molar-refractivity contribution in [2.24, 2.45) is 0 Å². The van der Waals surface area contributed by atoms with Crippen LogP contribution in [0.15, 0.2) is 84.4 Å². The van der Waals surface area contributed by atoms with Crippen molar-refractivity contribution < 1.29 is 9.13 Å². The van der Waals surface area contributed by atoms with Crippen molar-refractivity contribution in [3.63, 3.8) is 0 Å². The topological polar surface area (TPSA) is 52.0 Å². The molecule has 0 saturated carbocycles.